The number of rotatable bonds is 6. The molecule has 0 aliphatic carbocycles. The highest BCUT2D eigenvalue weighted by atomic mass is 32.3. The van der Waals surface area contributed by atoms with Gasteiger partial charge in [-0.15, -0.1) is 0 Å². The average molecular weight is 258 g/mol. The van der Waals surface area contributed by atoms with Gasteiger partial charge in [0, 0.05) is 0 Å². The minimum atomic E-state index is -4.78. The van der Waals surface area contributed by atoms with Gasteiger partial charge in [-0.2, -0.15) is 21.6 Å². The lowest BCUT2D eigenvalue weighted by Gasteiger charge is -2.07. The summed E-state index contributed by atoms with van der Waals surface area (Å²) in [6.45, 7) is -2.65. The van der Waals surface area contributed by atoms with E-state index in [1.807, 2.05) is 0 Å². The van der Waals surface area contributed by atoms with Gasteiger partial charge in [-0.05, 0) is 0 Å². The Balaban J connectivity index is 3.85. The zero-order chi connectivity index (χ0) is 12.1. The van der Waals surface area contributed by atoms with Crippen LogP contribution in [0.2, 0.25) is 0 Å². The fourth-order valence-electron chi connectivity index (χ4n) is 0.428. The molecule has 0 unspecified atom stereocenters. The van der Waals surface area contributed by atoms with Gasteiger partial charge in [-0.1, -0.05) is 0 Å². The van der Waals surface area contributed by atoms with Crippen molar-refractivity contribution in [2.24, 2.45) is 0 Å². The van der Waals surface area contributed by atoms with Gasteiger partial charge in [0.1, 0.15) is 6.61 Å². The highest BCUT2D eigenvalue weighted by Gasteiger charge is 2.28. The highest BCUT2D eigenvalue weighted by molar-refractivity contribution is 7.81. The molecule has 10 heteroatoms. The molecule has 0 aliphatic rings. The predicted molar refractivity (Wildman–Crippen MR) is 37.5 cm³/mol. The minimum absolute atomic E-state index is 1.20. The summed E-state index contributed by atoms with van der Waals surface area (Å²) < 4.78 is 85.6. The van der Waals surface area contributed by atoms with Crippen LogP contribution in [0.25, 0.3) is 0 Å². The van der Waals surface area contributed by atoms with Crippen LogP contribution >= 0.6 is 0 Å². The molecular formula is C5H7F5O4S. The average Bonchev–Trinajstić information content (AvgIpc) is 1.98. The van der Waals surface area contributed by atoms with Crippen LogP contribution in [-0.4, -0.2) is 34.2 Å². The lowest BCUT2D eigenvalue weighted by molar-refractivity contribution is -0.139. The largest absolute Gasteiger partial charge is 0.400 e. The first-order valence-electron chi connectivity index (χ1n) is 3.51. The SMILES string of the molecule is O=S(=O)(OCCC(F)(F)F)OCC(F)F. The third kappa shape index (κ3) is 9.82. The Bertz CT molecular complexity index is 272. The Kier molecular flexibility index (Phi) is 5.38. The maximum atomic E-state index is 11.5. The molecule has 0 saturated carbocycles. The van der Waals surface area contributed by atoms with Crippen LogP contribution in [-0.2, 0) is 18.8 Å². The van der Waals surface area contributed by atoms with Crippen LogP contribution in [0.5, 0.6) is 0 Å². The highest BCUT2D eigenvalue weighted by Crippen LogP contribution is 2.19. The normalized spacial score (nSPS) is 13.5. The van der Waals surface area contributed by atoms with Crippen LogP contribution in [0.15, 0.2) is 0 Å². The summed E-state index contributed by atoms with van der Waals surface area (Å²) in [5.74, 6) is 0. The summed E-state index contributed by atoms with van der Waals surface area (Å²) in [5.41, 5.74) is 0. The monoisotopic (exact) mass is 258 g/mol. The molecule has 0 rings (SSSR count). The quantitative estimate of drug-likeness (QED) is 0.677. The van der Waals surface area contributed by atoms with E-state index in [1.54, 1.807) is 0 Å². The molecule has 0 spiro atoms. The van der Waals surface area contributed by atoms with E-state index in [1.165, 1.54) is 0 Å². The van der Waals surface area contributed by atoms with E-state index in [-0.39, 0.29) is 0 Å². The van der Waals surface area contributed by atoms with E-state index in [2.05, 4.69) is 8.37 Å². The van der Waals surface area contributed by atoms with Gasteiger partial charge in [0.25, 0.3) is 6.43 Å². The second-order valence-corrected chi connectivity index (χ2v) is 3.56. The van der Waals surface area contributed by atoms with Gasteiger partial charge in [0.15, 0.2) is 0 Å². The molecule has 0 amide bonds. The Morgan fingerprint density at radius 1 is 1.13 bits per heavy atom. The van der Waals surface area contributed by atoms with Crippen molar-refractivity contribution >= 4 is 10.4 Å². The molecule has 0 fully saturated rings. The summed E-state index contributed by atoms with van der Waals surface area (Å²) in [7, 11) is -4.78. The maximum absolute atomic E-state index is 11.5. The summed E-state index contributed by atoms with van der Waals surface area (Å²) in [5, 5.41) is 0. The number of alkyl halides is 5. The van der Waals surface area contributed by atoms with Gasteiger partial charge in [0.2, 0.25) is 0 Å². The number of hydrogen-bond donors (Lipinski definition) is 0. The van der Waals surface area contributed by atoms with Gasteiger partial charge < -0.3 is 0 Å². The molecule has 0 aromatic heterocycles. The van der Waals surface area contributed by atoms with Gasteiger partial charge in [-0.3, -0.25) is 0 Å². The smallest absolute Gasteiger partial charge is 0.248 e. The molecule has 4 nitrogen and oxygen atoms in total. The van der Waals surface area contributed by atoms with Gasteiger partial charge in [0.05, 0.1) is 13.0 Å². The van der Waals surface area contributed by atoms with E-state index >= 15 is 0 Å². The van der Waals surface area contributed by atoms with Crippen LogP contribution in [0.1, 0.15) is 6.42 Å². The second-order valence-electron chi connectivity index (χ2n) is 2.27. The van der Waals surface area contributed by atoms with E-state index in [4.69, 9.17) is 0 Å². The molecule has 0 atom stereocenters. The standard InChI is InChI=1S/C5H7F5O4S/c6-4(7)3-14-15(11,12)13-2-1-5(8,9)10/h4H,1-3H2. The third-order valence-corrected chi connectivity index (χ3v) is 1.83. The first-order valence-corrected chi connectivity index (χ1v) is 4.84. The fourth-order valence-corrected chi connectivity index (χ4v) is 1.05. The molecule has 0 radical (unpaired) electrons. The Hall–Kier alpha value is -0.480. The first-order chi connectivity index (χ1) is 6.62. The van der Waals surface area contributed by atoms with Crippen molar-refractivity contribution in [1.82, 2.24) is 0 Å². The number of hydrogen-bond acceptors (Lipinski definition) is 4. The lowest BCUT2D eigenvalue weighted by Crippen LogP contribution is -2.18. The van der Waals surface area contributed by atoms with Gasteiger partial charge in [-0.25, -0.2) is 17.1 Å². The zero-order valence-electron chi connectivity index (χ0n) is 7.13. The molecule has 0 saturated heterocycles. The molecule has 0 aromatic rings. The molecule has 15 heavy (non-hydrogen) atoms. The Morgan fingerprint density at radius 3 is 2.07 bits per heavy atom. The lowest BCUT2D eigenvalue weighted by atomic mass is 10.5. The molecule has 0 aliphatic heterocycles. The fraction of sp³-hybridized carbons (Fsp3) is 1.00. The van der Waals surface area contributed by atoms with Crippen molar-refractivity contribution in [2.45, 2.75) is 19.0 Å². The van der Waals surface area contributed by atoms with E-state index < -0.39 is 42.6 Å². The van der Waals surface area contributed by atoms with Crippen molar-refractivity contribution in [2.75, 3.05) is 13.2 Å². The topological polar surface area (TPSA) is 52.6 Å². The van der Waals surface area contributed by atoms with E-state index in [0.717, 1.165) is 0 Å². The third-order valence-electron chi connectivity index (χ3n) is 0.952. The zero-order valence-corrected chi connectivity index (χ0v) is 7.95. The van der Waals surface area contributed by atoms with Crippen molar-refractivity contribution in [1.29, 1.82) is 0 Å². The van der Waals surface area contributed by atoms with Gasteiger partial charge >= 0.3 is 16.6 Å². The van der Waals surface area contributed by atoms with Crippen molar-refractivity contribution < 1.29 is 38.7 Å². The summed E-state index contributed by atoms with van der Waals surface area (Å²) in [4.78, 5) is 0. The molecule has 0 heterocycles. The predicted octanol–water partition coefficient (Wildman–Crippen LogP) is 1.48. The van der Waals surface area contributed by atoms with Crippen LogP contribution in [0, 0.1) is 0 Å². The molecule has 0 aromatic carbocycles. The summed E-state index contributed by atoms with van der Waals surface area (Å²) in [6.07, 6.45) is -9.14. The van der Waals surface area contributed by atoms with E-state index in [9.17, 15) is 30.4 Å². The molecule has 0 bridgehead atoms. The summed E-state index contributed by atoms with van der Waals surface area (Å²) in [6, 6.07) is 0. The minimum Gasteiger partial charge on any atom is -0.248 e. The molecule has 92 valence electrons. The summed E-state index contributed by atoms with van der Waals surface area (Å²) >= 11 is 0. The maximum Gasteiger partial charge on any atom is 0.400 e. The van der Waals surface area contributed by atoms with Crippen LogP contribution in [0.4, 0.5) is 22.0 Å². The van der Waals surface area contributed by atoms with Crippen LogP contribution < -0.4 is 0 Å². The molecule has 0 N–H and O–H groups in total. The van der Waals surface area contributed by atoms with Crippen molar-refractivity contribution in [3.8, 4) is 0 Å². The second kappa shape index (κ2) is 5.56. The molecular weight excluding hydrogens is 251 g/mol. The Morgan fingerprint density at radius 2 is 1.67 bits per heavy atom. The van der Waals surface area contributed by atoms with Crippen molar-refractivity contribution in [3.63, 3.8) is 0 Å². The van der Waals surface area contributed by atoms with Crippen LogP contribution in [0.3, 0.4) is 0 Å². The van der Waals surface area contributed by atoms with Crippen molar-refractivity contribution in [3.05, 3.63) is 0 Å². The van der Waals surface area contributed by atoms with E-state index in [0.29, 0.717) is 0 Å². The Labute approximate surface area is 82.3 Å². The first kappa shape index (κ1) is 14.5. The number of halogens is 5.